The highest BCUT2D eigenvalue weighted by Gasteiger charge is 2.18. The van der Waals surface area contributed by atoms with Crippen LogP contribution >= 0.6 is 23.2 Å². The molecule has 0 aliphatic heterocycles. The average Bonchev–Trinajstić information content (AvgIpc) is 2.64. The van der Waals surface area contributed by atoms with E-state index in [-0.39, 0.29) is 11.9 Å². The van der Waals surface area contributed by atoms with Crippen molar-refractivity contribution in [2.24, 2.45) is 0 Å². The fourth-order valence-corrected chi connectivity index (χ4v) is 3.02. The molecule has 0 amide bonds. The molecule has 0 radical (unpaired) electrons. The predicted octanol–water partition coefficient (Wildman–Crippen LogP) is 6.41. The average molecular weight is 390 g/mol. The number of rotatable bonds is 6. The second-order valence-electron chi connectivity index (χ2n) is 6.06. The molecule has 0 saturated carbocycles. The molecule has 0 fully saturated rings. The van der Waals surface area contributed by atoms with Gasteiger partial charge in [-0.3, -0.25) is 0 Å². The maximum atomic E-state index is 13.2. The highest BCUT2D eigenvalue weighted by molar-refractivity contribution is 6.30. The van der Waals surface area contributed by atoms with Crippen molar-refractivity contribution < 1.29 is 9.50 Å². The third-order valence-electron chi connectivity index (χ3n) is 4.17. The van der Waals surface area contributed by atoms with Gasteiger partial charge >= 0.3 is 0 Å². The predicted molar refractivity (Wildman–Crippen MR) is 105 cm³/mol. The number of hydrogen-bond acceptors (Lipinski definition) is 2. The van der Waals surface area contributed by atoms with Crippen LogP contribution in [0.25, 0.3) is 0 Å². The van der Waals surface area contributed by atoms with E-state index in [2.05, 4.69) is 5.32 Å². The molecule has 0 aliphatic carbocycles. The van der Waals surface area contributed by atoms with Gasteiger partial charge in [0, 0.05) is 22.2 Å². The number of aliphatic hydroxyl groups is 1. The summed E-state index contributed by atoms with van der Waals surface area (Å²) in [5.74, 6) is -0.292. The van der Waals surface area contributed by atoms with Crippen molar-refractivity contribution in [1.82, 2.24) is 0 Å². The zero-order valence-corrected chi connectivity index (χ0v) is 15.4. The van der Waals surface area contributed by atoms with Crippen molar-refractivity contribution in [2.45, 2.75) is 18.6 Å². The molecular weight excluding hydrogens is 372 g/mol. The van der Waals surface area contributed by atoms with Crippen molar-refractivity contribution in [2.75, 3.05) is 5.32 Å². The van der Waals surface area contributed by atoms with E-state index in [1.807, 2.05) is 36.4 Å². The Labute approximate surface area is 162 Å². The minimum absolute atomic E-state index is 0.177. The smallest absolute Gasteiger partial charge is 0.123 e. The molecule has 3 aromatic carbocycles. The molecular formula is C21H18Cl2FNO. The summed E-state index contributed by atoms with van der Waals surface area (Å²) in [5.41, 5.74) is 2.54. The molecule has 3 rings (SSSR count). The Morgan fingerprint density at radius 1 is 0.769 bits per heavy atom. The highest BCUT2D eigenvalue weighted by atomic mass is 35.5. The SMILES string of the molecule is OC(CC(Nc1ccc(F)cc1)c1ccc(Cl)cc1)c1ccc(Cl)cc1. The Morgan fingerprint density at radius 3 is 1.81 bits per heavy atom. The second-order valence-corrected chi connectivity index (χ2v) is 6.93. The van der Waals surface area contributed by atoms with Gasteiger partial charge in [-0.1, -0.05) is 47.5 Å². The van der Waals surface area contributed by atoms with E-state index < -0.39 is 6.10 Å². The zero-order valence-electron chi connectivity index (χ0n) is 13.9. The molecule has 0 aromatic heterocycles. The Bertz CT molecular complexity index is 835. The van der Waals surface area contributed by atoms with Gasteiger partial charge in [0.05, 0.1) is 12.1 Å². The first-order valence-corrected chi connectivity index (χ1v) is 8.98. The molecule has 0 bridgehead atoms. The molecule has 0 spiro atoms. The van der Waals surface area contributed by atoms with Crippen LogP contribution in [0.5, 0.6) is 0 Å². The van der Waals surface area contributed by atoms with Gasteiger partial charge in [0.25, 0.3) is 0 Å². The molecule has 3 aromatic rings. The fraction of sp³-hybridized carbons (Fsp3) is 0.143. The largest absolute Gasteiger partial charge is 0.388 e. The first-order chi connectivity index (χ1) is 12.5. The van der Waals surface area contributed by atoms with Crippen LogP contribution in [-0.4, -0.2) is 5.11 Å². The topological polar surface area (TPSA) is 32.3 Å². The third-order valence-corrected chi connectivity index (χ3v) is 4.68. The molecule has 2 atom stereocenters. The molecule has 2 N–H and O–H groups in total. The Kier molecular flexibility index (Phi) is 6.15. The number of anilines is 1. The van der Waals surface area contributed by atoms with Crippen molar-refractivity contribution in [1.29, 1.82) is 0 Å². The van der Waals surface area contributed by atoms with Crippen LogP contribution in [0.1, 0.15) is 29.7 Å². The summed E-state index contributed by atoms with van der Waals surface area (Å²) < 4.78 is 13.2. The Hall–Kier alpha value is -2.07. The molecule has 5 heteroatoms. The maximum absolute atomic E-state index is 13.2. The molecule has 26 heavy (non-hydrogen) atoms. The molecule has 134 valence electrons. The number of hydrogen-bond donors (Lipinski definition) is 2. The Morgan fingerprint density at radius 2 is 1.27 bits per heavy atom. The van der Waals surface area contributed by atoms with Crippen LogP contribution in [0.15, 0.2) is 72.8 Å². The van der Waals surface area contributed by atoms with E-state index >= 15 is 0 Å². The highest BCUT2D eigenvalue weighted by Crippen LogP contribution is 2.31. The van der Waals surface area contributed by atoms with Gasteiger partial charge in [-0.15, -0.1) is 0 Å². The maximum Gasteiger partial charge on any atom is 0.123 e. The van der Waals surface area contributed by atoms with Gasteiger partial charge < -0.3 is 10.4 Å². The third kappa shape index (κ3) is 4.98. The first-order valence-electron chi connectivity index (χ1n) is 8.22. The fourth-order valence-electron chi connectivity index (χ4n) is 2.77. The minimum Gasteiger partial charge on any atom is -0.388 e. The summed E-state index contributed by atoms with van der Waals surface area (Å²) in [6.07, 6.45) is -0.249. The van der Waals surface area contributed by atoms with E-state index in [1.165, 1.54) is 12.1 Å². The normalized spacial score (nSPS) is 13.2. The standard InChI is InChI=1S/C21H18Cl2FNO/c22-16-5-1-14(2-6-16)20(25-19-11-9-18(24)10-12-19)13-21(26)15-3-7-17(23)8-4-15/h1-12,20-21,25-26H,13H2. The monoisotopic (exact) mass is 389 g/mol. The lowest BCUT2D eigenvalue weighted by Crippen LogP contribution is -2.15. The number of benzene rings is 3. The number of aliphatic hydroxyl groups excluding tert-OH is 1. The number of halogens is 3. The summed E-state index contributed by atoms with van der Waals surface area (Å²) in [4.78, 5) is 0. The van der Waals surface area contributed by atoms with Crippen molar-refractivity contribution >= 4 is 28.9 Å². The molecule has 0 saturated heterocycles. The summed E-state index contributed by atoms with van der Waals surface area (Å²) in [6.45, 7) is 0. The Balaban J connectivity index is 1.83. The van der Waals surface area contributed by atoms with Gasteiger partial charge in [-0.05, 0) is 59.7 Å². The van der Waals surface area contributed by atoms with Gasteiger partial charge in [0.2, 0.25) is 0 Å². The van der Waals surface area contributed by atoms with Gasteiger partial charge in [-0.2, -0.15) is 0 Å². The van der Waals surface area contributed by atoms with Crippen LogP contribution in [0.3, 0.4) is 0 Å². The number of nitrogens with one attached hydrogen (secondary N) is 1. The molecule has 2 unspecified atom stereocenters. The second kappa shape index (κ2) is 8.54. The van der Waals surface area contributed by atoms with Crippen LogP contribution in [0, 0.1) is 5.82 Å². The van der Waals surface area contributed by atoms with Crippen molar-refractivity contribution in [3.05, 3.63) is 99.8 Å². The summed E-state index contributed by atoms with van der Waals surface area (Å²) in [5, 5.41) is 15.3. The van der Waals surface area contributed by atoms with Gasteiger partial charge in [0.1, 0.15) is 5.82 Å². The van der Waals surface area contributed by atoms with E-state index in [9.17, 15) is 9.50 Å². The summed E-state index contributed by atoms with van der Waals surface area (Å²) >= 11 is 11.9. The van der Waals surface area contributed by atoms with E-state index in [1.54, 1.807) is 24.3 Å². The summed E-state index contributed by atoms with van der Waals surface area (Å²) in [6, 6.07) is 20.5. The van der Waals surface area contributed by atoms with Crippen LogP contribution < -0.4 is 5.32 Å². The van der Waals surface area contributed by atoms with Gasteiger partial charge in [-0.25, -0.2) is 4.39 Å². The lowest BCUT2D eigenvalue weighted by molar-refractivity contribution is 0.160. The van der Waals surface area contributed by atoms with Crippen molar-refractivity contribution in [3.8, 4) is 0 Å². The lowest BCUT2D eigenvalue weighted by atomic mass is 9.96. The summed E-state index contributed by atoms with van der Waals surface area (Å²) in [7, 11) is 0. The first kappa shape index (κ1) is 18.7. The van der Waals surface area contributed by atoms with E-state index in [0.29, 0.717) is 16.5 Å². The molecule has 2 nitrogen and oxygen atoms in total. The minimum atomic E-state index is -0.680. The molecule has 0 heterocycles. The van der Waals surface area contributed by atoms with Crippen LogP contribution in [0.4, 0.5) is 10.1 Å². The molecule has 0 aliphatic rings. The van der Waals surface area contributed by atoms with Gasteiger partial charge in [0.15, 0.2) is 0 Å². The lowest BCUT2D eigenvalue weighted by Gasteiger charge is -2.24. The van der Waals surface area contributed by atoms with E-state index in [0.717, 1.165) is 16.8 Å². The quantitative estimate of drug-likeness (QED) is 0.510. The van der Waals surface area contributed by atoms with Crippen LogP contribution in [-0.2, 0) is 0 Å². The van der Waals surface area contributed by atoms with E-state index in [4.69, 9.17) is 23.2 Å². The van der Waals surface area contributed by atoms with Crippen molar-refractivity contribution in [3.63, 3.8) is 0 Å². The van der Waals surface area contributed by atoms with Crippen LogP contribution in [0.2, 0.25) is 10.0 Å². The zero-order chi connectivity index (χ0) is 18.5.